The van der Waals surface area contributed by atoms with Crippen molar-refractivity contribution >= 4 is 5.91 Å². The Balaban J connectivity index is 3.54. The van der Waals surface area contributed by atoms with Crippen LogP contribution in [0.1, 0.15) is 290 Å². The molecular weight excluding hydrogens is 795 g/mol. The third kappa shape index (κ3) is 52.7. The van der Waals surface area contributed by atoms with Crippen molar-refractivity contribution in [2.45, 2.75) is 302 Å². The van der Waals surface area contributed by atoms with Gasteiger partial charge in [-0.05, 0) is 70.6 Å². The highest BCUT2D eigenvalue weighted by molar-refractivity contribution is 5.76. The second kappa shape index (κ2) is 56.2. The van der Waals surface area contributed by atoms with Crippen LogP contribution in [0.4, 0.5) is 0 Å². The normalized spacial score (nSPS) is 13.4. The van der Waals surface area contributed by atoms with E-state index in [0.29, 0.717) is 6.42 Å². The molecule has 0 aliphatic carbocycles. The Hall–Kier alpha value is -2.17. The first kappa shape index (κ1) is 62.8. The van der Waals surface area contributed by atoms with Gasteiger partial charge >= 0.3 is 0 Å². The van der Waals surface area contributed by atoms with Gasteiger partial charge < -0.3 is 15.5 Å². The largest absolute Gasteiger partial charge is 0.394 e. The molecule has 4 nitrogen and oxygen atoms in total. The van der Waals surface area contributed by atoms with E-state index < -0.39 is 12.1 Å². The van der Waals surface area contributed by atoms with Crippen molar-refractivity contribution in [2.75, 3.05) is 6.61 Å². The van der Waals surface area contributed by atoms with Crippen LogP contribution in [0.5, 0.6) is 0 Å². The highest BCUT2D eigenvalue weighted by atomic mass is 16.3. The second-order valence-electron chi connectivity index (χ2n) is 19.3. The van der Waals surface area contributed by atoms with Crippen LogP contribution in [0, 0.1) is 0 Å². The fraction of sp³-hybridized carbons (Fsp3) is 0.787. The number of rotatable bonds is 52. The van der Waals surface area contributed by atoms with Gasteiger partial charge in [-0.1, -0.05) is 286 Å². The van der Waals surface area contributed by atoms with E-state index in [1.165, 1.54) is 212 Å². The molecule has 0 aliphatic rings. The summed E-state index contributed by atoms with van der Waals surface area (Å²) in [7, 11) is 0. The van der Waals surface area contributed by atoms with Gasteiger partial charge in [-0.2, -0.15) is 0 Å². The second-order valence-corrected chi connectivity index (χ2v) is 19.3. The van der Waals surface area contributed by atoms with Crippen molar-refractivity contribution in [1.29, 1.82) is 0 Å². The summed E-state index contributed by atoms with van der Waals surface area (Å²) in [6.07, 6.45) is 80.7. The van der Waals surface area contributed by atoms with Gasteiger partial charge in [0.05, 0.1) is 18.8 Å². The van der Waals surface area contributed by atoms with E-state index in [0.717, 1.165) is 57.8 Å². The SMILES string of the molecule is CC/C=C\C/C=C\C/C=C\C/C=C\CCCCCCCCCCCCCCC(=O)NC(CO)C(O)/C=C/CC/C=C/CCCCCCCCCCCCCCCCCCCCCCCC. The number of carbonyl (C=O) groups is 1. The topological polar surface area (TPSA) is 69.6 Å². The molecule has 1 amide bonds. The maximum absolute atomic E-state index is 12.5. The highest BCUT2D eigenvalue weighted by Gasteiger charge is 2.18. The van der Waals surface area contributed by atoms with Crippen LogP contribution in [0.3, 0.4) is 0 Å². The van der Waals surface area contributed by atoms with Crippen molar-refractivity contribution in [1.82, 2.24) is 5.32 Å². The molecule has 0 bridgehead atoms. The Kier molecular flexibility index (Phi) is 54.3. The number of hydrogen-bond donors (Lipinski definition) is 3. The van der Waals surface area contributed by atoms with E-state index in [2.05, 4.69) is 79.9 Å². The fourth-order valence-corrected chi connectivity index (χ4v) is 8.60. The first-order valence-electron chi connectivity index (χ1n) is 28.7. The van der Waals surface area contributed by atoms with Crippen LogP contribution in [-0.4, -0.2) is 34.9 Å². The predicted molar refractivity (Wildman–Crippen MR) is 290 cm³/mol. The Bertz CT molecular complexity index is 1120. The highest BCUT2D eigenvalue weighted by Crippen LogP contribution is 2.17. The number of unbranched alkanes of at least 4 members (excludes halogenated alkanes) is 35. The molecule has 0 saturated heterocycles. The lowest BCUT2D eigenvalue weighted by Gasteiger charge is -2.19. The summed E-state index contributed by atoms with van der Waals surface area (Å²) < 4.78 is 0. The van der Waals surface area contributed by atoms with Gasteiger partial charge in [0.25, 0.3) is 0 Å². The molecule has 3 N–H and O–H groups in total. The van der Waals surface area contributed by atoms with Crippen LogP contribution < -0.4 is 5.32 Å². The Labute approximate surface area is 406 Å². The minimum atomic E-state index is -0.868. The molecular formula is C61H111NO3. The molecule has 2 atom stereocenters. The van der Waals surface area contributed by atoms with Crippen molar-refractivity contribution in [3.63, 3.8) is 0 Å². The van der Waals surface area contributed by atoms with Crippen LogP contribution in [0.2, 0.25) is 0 Å². The monoisotopic (exact) mass is 906 g/mol. The van der Waals surface area contributed by atoms with Gasteiger partial charge in [0.1, 0.15) is 0 Å². The number of allylic oxidation sites excluding steroid dienone is 11. The Morgan fingerprint density at radius 3 is 1.08 bits per heavy atom. The number of aliphatic hydroxyl groups excluding tert-OH is 2. The van der Waals surface area contributed by atoms with Gasteiger partial charge in [0.2, 0.25) is 5.91 Å². The predicted octanol–water partition coefficient (Wildman–Crippen LogP) is 19.0. The third-order valence-electron chi connectivity index (χ3n) is 12.9. The van der Waals surface area contributed by atoms with Crippen molar-refractivity contribution in [3.8, 4) is 0 Å². The van der Waals surface area contributed by atoms with Gasteiger partial charge in [-0.15, -0.1) is 0 Å². The molecule has 0 aromatic rings. The molecule has 0 aromatic heterocycles. The van der Waals surface area contributed by atoms with Crippen molar-refractivity contribution in [3.05, 3.63) is 72.9 Å². The van der Waals surface area contributed by atoms with Gasteiger partial charge in [-0.25, -0.2) is 0 Å². The Morgan fingerprint density at radius 2 is 0.692 bits per heavy atom. The standard InChI is InChI=1S/C61H111NO3/c1-3-5-7-9-11-13-15-17-19-21-23-25-27-29-30-31-33-34-36-38-40-42-44-46-48-50-52-54-56-60(64)59(58-63)62-61(65)57-55-53-51-49-47-45-43-41-39-37-35-32-28-26-24-22-20-18-16-14-12-10-8-6-4-2/h6,8,12,14,18,20,24,26,46,48,54,56,59-60,63-64H,3-5,7,9-11,13,15-17,19,21-23,25,27-45,47,49-53,55,57-58H2,1-2H3,(H,62,65)/b8-6-,14-12-,20-18-,26-24-,48-46+,56-54+. The average molecular weight is 907 g/mol. The van der Waals surface area contributed by atoms with Gasteiger partial charge in [0.15, 0.2) is 0 Å². The number of carbonyl (C=O) groups excluding carboxylic acids is 1. The van der Waals surface area contributed by atoms with Crippen LogP contribution in [0.15, 0.2) is 72.9 Å². The molecule has 0 radical (unpaired) electrons. The number of hydrogen-bond acceptors (Lipinski definition) is 3. The lowest BCUT2D eigenvalue weighted by Crippen LogP contribution is -2.45. The quantitative estimate of drug-likeness (QED) is 0.0421. The third-order valence-corrected chi connectivity index (χ3v) is 12.9. The van der Waals surface area contributed by atoms with E-state index >= 15 is 0 Å². The van der Waals surface area contributed by atoms with Crippen LogP contribution in [-0.2, 0) is 4.79 Å². The summed E-state index contributed by atoms with van der Waals surface area (Å²) in [5, 5.41) is 23.2. The summed E-state index contributed by atoms with van der Waals surface area (Å²) in [4.78, 5) is 12.5. The molecule has 378 valence electrons. The van der Waals surface area contributed by atoms with Crippen molar-refractivity contribution in [2.24, 2.45) is 0 Å². The van der Waals surface area contributed by atoms with Gasteiger partial charge in [0, 0.05) is 6.42 Å². The van der Waals surface area contributed by atoms with Crippen LogP contribution in [0.25, 0.3) is 0 Å². The fourth-order valence-electron chi connectivity index (χ4n) is 8.60. The van der Waals surface area contributed by atoms with E-state index in [1.807, 2.05) is 6.08 Å². The molecule has 65 heavy (non-hydrogen) atoms. The molecule has 2 unspecified atom stereocenters. The van der Waals surface area contributed by atoms with E-state index in [9.17, 15) is 15.0 Å². The number of aliphatic hydroxyl groups is 2. The minimum absolute atomic E-state index is 0.0756. The molecule has 4 heteroatoms. The summed E-state index contributed by atoms with van der Waals surface area (Å²) in [5.41, 5.74) is 0. The summed E-state index contributed by atoms with van der Waals surface area (Å²) in [5.74, 6) is -0.0756. The molecule has 0 aliphatic heterocycles. The molecule has 0 rings (SSSR count). The zero-order valence-corrected chi connectivity index (χ0v) is 43.5. The maximum atomic E-state index is 12.5. The molecule has 0 heterocycles. The first-order chi connectivity index (χ1) is 32.2. The zero-order chi connectivity index (χ0) is 47.0. The first-order valence-corrected chi connectivity index (χ1v) is 28.7. The van der Waals surface area contributed by atoms with E-state index in [4.69, 9.17) is 0 Å². The smallest absolute Gasteiger partial charge is 0.220 e. The minimum Gasteiger partial charge on any atom is -0.394 e. The number of nitrogens with one attached hydrogen (secondary N) is 1. The molecule has 0 spiro atoms. The van der Waals surface area contributed by atoms with Crippen LogP contribution >= 0.6 is 0 Å². The molecule has 0 aromatic carbocycles. The summed E-state index contributed by atoms with van der Waals surface area (Å²) in [6, 6.07) is -0.645. The summed E-state index contributed by atoms with van der Waals surface area (Å²) >= 11 is 0. The zero-order valence-electron chi connectivity index (χ0n) is 43.5. The summed E-state index contributed by atoms with van der Waals surface area (Å²) in [6.45, 7) is 4.21. The molecule has 0 saturated carbocycles. The molecule has 0 fully saturated rings. The van der Waals surface area contributed by atoms with E-state index in [-0.39, 0.29) is 12.5 Å². The Morgan fingerprint density at radius 1 is 0.385 bits per heavy atom. The number of amides is 1. The average Bonchev–Trinajstić information content (AvgIpc) is 3.31. The maximum Gasteiger partial charge on any atom is 0.220 e. The van der Waals surface area contributed by atoms with E-state index in [1.54, 1.807) is 6.08 Å². The van der Waals surface area contributed by atoms with Crippen molar-refractivity contribution < 1.29 is 15.0 Å². The lowest BCUT2D eigenvalue weighted by molar-refractivity contribution is -0.123. The lowest BCUT2D eigenvalue weighted by atomic mass is 10.0. The van der Waals surface area contributed by atoms with Gasteiger partial charge in [-0.3, -0.25) is 4.79 Å².